The number of rotatable bonds is 5. The Balaban J connectivity index is 4.56. The number of hydrogen-bond acceptors (Lipinski definition) is 4. The van der Waals surface area contributed by atoms with Gasteiger partial charge in [-0.25, -0.2) is 8.42 Å². The molecule has 16 heavy (non-hydrogen) atoms. The van der Waals surface area contributed by atoms with Crippen LogP contribution < -0.4 is 0 Å². The number of esters is 1. The standard InChI is InChI=1S/C8H13F3O4S/c1-3-7(15-6(2)12)16(13,14)5-4-8(9,10)11/h7H,3-5H2,1-2H3. The number of halogens is 3. The lowest BCUT2D eigenvalue weighted by Crippen LogP contribution is -2.30. The van der Waals surface area contributed by atoms with Crippen molar-refractivity contribution in [1.82, 2.24) is 0 Å². The molecule has 0 bridgehead atoms. The van der Waals surface area contributed by atoms with E-state index >= 15 is 0 Å². The van der Waals surface area contributed by atoms with Gasteiger partial charge in [-0.2, -0.15) is 13.2 Å². The minimum atomic E-state index is -4.54. The molecule has 0 aliphatic carbocycles. The first kappa shape index (κ1) is 15.2. The van der Waals surface area contributed by atoms with E-state index in [2.05, 4.69) is 4.74 Å². The van der Waals surface area contributed by atoms with Gasteiger partial charge in [0.1, 0.15) is 0 Å². The summed E-state index contributed by atoms with van der Waals surface area (Å²) >= 11 is 0. The molecule has 0 saturated heterocycles. The average molecular weight is 262 g/mol. The van der Waals surface area contributed by atoms with Crippen molar-refractivity contribution in [1.29, 1.82) is 0 Å². The van der Waals surface area contributed by atoms with E-state index in [1.54, 1.807) is 0 Å². The highest BCUT2D eigenvalue weighted by molar-refractivity contribution is 7.91. The Morgan fingerprint density at radius 2 is 1.88 bits per heavy atom. The summed E-state index contributed by atoms with van der Waals surface area (Å²) in [7, 11) is -4.06. The molecule has 0 aromatic heterocycles. The van der Waals surface area contributed by atoms with Crippen LogP contribution in [0.25, 0.3) is 0 Å². The van der Waals surface area contributed by atoms with Crippen LogP contribution in [0.3, 0.4) is 0 Å². The fraction of sp³-hybridized carbons (Fsp3) is 0.875. The predicted octanol–water partition coefficient (Wildman–Crippen LogP) is 1.65. The molecule has 0 aliphatic rings. The van der Waals surface area contributed by atoms with Crippen molar-refractivity contribution in [2.24, 2.45) is 0 Å². The summed E-state index contributed by atoms with van der Waals surface area (Å²) in [4.78, 5) is 10.6. The van der Waals surface area contributed by atoms with Crippen LogP contribution in [0.1, 0.15) is 26.7 Å². The van der Waals surface area contributed by atoms with Crippen LogP contribution in [0.5, 0.6) is 0 Å². The van der Waals surface area contributed by atoms with Crippen molar-refractivity contribution < 1.29 is 31.1 Å². The molecule has 0 saturated carbocycles. The summed E-state index contributed by atoms with van der Waals surface area (Å²) in [6.45, 7) is 2.42. The van der Waals surface area contributed by atoms with Gasteiger partial charge in [-0.1, -0.05) is 6.92 Å². The molecule has 0 fully saturated rings. The molecule has 0 rings (SSSR count). The zero-order chi connectivity index (χ0) is 13.0. The zero-order valence-electron chi connectivity index (χ0n) is 8.87. The van der Waals surface area contributed by atoms with Crippen LogP contribution >= 0.6 is 0 Å². The monoisotopic (exact) mass is 262 g/mol. The van der Waals surface area contributed by atoms with Gasteiger partial charge in [0.2, 0.25) is 5.44 Å². The first-order valence-corrected chi connectivity index (χ1v) is 6.25. The van der Waals surface area contributed by atoms with Gasteiger partial charge in [-0.3, -0.25) is 4.79 Å². The Bertz CT molecular complexity index is 334. The van der Waals surface area contributed by atoms with E-state index in [0.717, 1.165) is 6.92 Å². The molecular formula is C8H13F3O4S. The Hall–Kier alpha value is -0.790. The molecule has 4 nitrogen and oxygen atoms in total. The quantitative estimate of drug-likeness (QED) is 0.707. The number of hydrogen-bond donors (Lipinski definition) is 0. The van der Waals surface area contributed by atoms with Crippen LogP contribution in [0.15, 0.2) is 0 Å². The third-order valence-electron chi connectivity index (χ3n) is 1.70. The summed E-state index contributed by atoms with van der Waals surface area (Å²) < 4.78 is 62.7. The van der Waals surface area contributed by atoms with Crippen LogP contribution in [0.4, 0.5) is 13.2 Å². The van der Waals surface area contributed by atoms with Gasteiger partial charge < -0.3 is 4.74 Å². The van der Waals surface area contributed by atoms with Gasteiger partial charge in [0.15, 0.2) is 9.84 Å². The van der Waals surface area contributed by atoms with Crippen molar-refractivity contribution >= 4 is 15.8 Å². The summed E-state index contributed by atoms with van der Waals surface area (Å²) in [6, 6.07) is 0. The Morgan fingerprint density at radius 1 is 1.38 bits per heavy atom. The van der Waals surface area contributed by atoms with Gasteiger partial charge in [-0.15, -0.1) is 0 Å². The fourth-order valence-electron chi connectivity index (χ4n) is 0.985. The van der Waals surface area contributed by atoms with E-state index < -0.39 is 39.6 Å². The van der Waals surface area contributed by atoms with Gasteiger partial charge in [0.05, 0.1) is 12.2 Å². The van der Waals surface area contributed by atoms with Gasteiger partial charge in [0.25, 0.3) is 0 Å². The van der Waals surface area contributed by atoms with Crippen LogP contribution in [-0.2, 0) is 19.4 Å². The van der Waals surface area contributed by atoms with E-state index in [0.29, 0.717) is 0 Å². The van der Waals surface area contributed by atoms with E-state index in [4.69, 9.17) is 0 Å². The average Bonchev–Trinajstić information content (AvgIpc) is 2.09. The highest BCUT2D eigenvalue weighted by atomic mass is 32.2. The maximum Gasteiger partial charge on any atom is 0.390 e. The Morgan fingerprint density at radius 3 is 2.19 bits per heavy atom. The lowest BCUT2D eigenvalue weighted by Gasteiger charge is -2.16. The Kier molecular flexibility index (Phi) is 5.24. The molecule has 1 unspecified atom stereocenters. The minimum absolute atomic E-state index is 0.0697. The molecule has 0 amide bonds. The number of carbonyl (C=O) groups is 1. The molecule has 8 heteroatoms. The second kappa shape index (κ2) is 5.51. The molecular weight excluding hydrogens is 249 g/mol. The summed E-state index contributed by atoms with van der Waals surface area (Å²) in [5.74, 6) is -1.90. The minimum Gasteiger partial charge on any atom is -0.446 e. The van der Waals surface area contributed by atoms with E-state index in [1.165, 1.54) is 6.92 Å². The second-order valence-electron chi connectivity index (χ2n) is 3.18. The van der Waals surface area contributed by atoms with Gasteiger partial charge >= 0.3 is 12.1 Å². The molecule has 0 radical (unpaired) electrons. The van der Waals surface area contributed by atoms with Gasteiger partial charge in [-0.05, 0) is 6.42 Å². The number of alkyl halides is 3. The first-order chi connectivity index (χ1) is 7.08. The third kappa shape index (κ3) is 5.94. The second-order valence-corrected chi connectivity index (χ2v) is 5.44. The smallest absolute Gasteiger partial charge is 0.390 e. The molecule has 96 valence electrons. The van der Waals surface area contributed by atoms with Crippen LogP contribution in [0, 0.1) is 0 Å². The molecule has 0 heterocycles. The highest BCUT2D eigenvalue weighted by Gasteiger charge is 2.34. The largest absolute Gasteiger partial charge is 0.446 e. The van der Waals surface area contributed by atoms with E-state index in [1.807, 2.05) is 0 Å². The number of ether oxygens (including phenoxy) is 1. The SMILES string of the molecule is CCC(OC(C)=O)S(=O)(=O)CCC(F)(F)F. The van der Waals surface area contributed by atoms with Crippen molar-refractivity contribution in [2.45, 2.75) is 38.3 Å². The normalized spacial score (nSPS) is 14.6. The molecule has 0 aromatic carbocycles. The summed E-state index contributed by atoms with van der Waals surface area (Å²) in [6.07, 6.45) is -6.05. The summed E-state index contributed by atoms with van der Waals surface area (Å²) in [5.41, 5.74) is -1.49. The highest BCUT2D eigenvalue weighted by Crippen LogP contribution is 2.22. The van der Waals surface area contributed by atoms with E-state index in [9.17, 15) is 26.4 Å². The van der Waals surface area contributed by atoms with Crippen molar-refractivity contribution in [2.75, 3.05) is 5.75 Å². The fourth-order valence-corrected chi connectivity index (χ4v) is 2.55. The zero-order valence-corrected chi connectivity index (χ0v) is 9.69. The topological polar surface area (TPSA) is 60.4 Å². The van der Waals surface area contributed by atoms with Gasteiger partial charge in [0, 0.05) is 6.92 Å². The molecule has 0 aromatic rings. The molecule has 0 spiro atoms. The van der Waals surface area contributed by atoms with Crippen molar-refractivity contribution in [3.63, 3.8) is 0 Å². The van der Waals surface area contributed by atoms with Crippen LogP contribution in [0.2, 0.25) is 0 Å². The maximum absolute atomic E-state index is 11.8. The van der Waals surface area contributed by atoms with Crippen molar-refractivity contribution in [3.8, 4) is 0 Å². The molecule has 0 N–H and O–H groups in total. The molecule has 0 aliphatic heterocycles. The first-order valence-electron chi connectivity index (χ1n) is 4.54. The predicted molar refractivity (Wildman–Crippen MR) is 50.3 cm³/mol. The third-order valence-corrected chi connectivity index (χ3v) is 3.71. The Labute approximate surface area is 91.7 Å². The molecule has 1 atom stereocenters. The number of sulfone groups is 1. The summed E-state index contributed by atoms with van der Waals surface area (Å²) in [5, 5.41) is 0. The van der Waals surface area contributed by atoms with Crippen LogP contribution in [-0.4, -0.2) is 31.8 Å². The maximum atomic E-state index is 11.8. The van der Waals surface area contributed by atoms with Crippen molar-refractivity contribution in [3.05, 3.63) is 0 Å². The lowest BCUT2D eigenvalue weighted by atomic mass is 10.5. The van der Waals surface area contributed by atoms with E-state index in [-0.39, 0.29) is 6.42 Å². The number of carbonyl (C=O) groups excluding carboxylic acids is 1. The lowest BCUT2D eigenvalue weighted by molar-refractivity contribution is -0.142.